The Hall–Kier alpha value is -0.570. The molecule has 2 nitrogen and oxygen atoms in total. The molecule has 0 aromatic carbocycles. The molecule has 1 N–H and O–H groups in total. The van der Waals surface area contributed by atoms with Crippen molar-refractivity contribution < 1.29 is 0 Å². The van der Waals surface area contributed by atoms with Gasteiger partial charge in [0, 0.05) is 17.9 Å². The number of hydrogen-bond donors (Lipinski definition) is 1. The van der Waals surface area contributed by atoms with Gasteiger partial charge in [0.2, 0.25) is 0 Å². The second-order valence-corrected chi connectivity index (χ2v) is 4.63. The molecule has 0 saturated heterocycles. The molecule has 14 heavy (non-hydrogen) atoms. The van der Waals surface area contributed by atoms with Crippen LogP contribution in [-0.2, 0) is 0 Å². The summed E-state index contributed by atoms with van der Waals surface area (Å²) in [5.74, 6) is 0.766. The normalized spacial score (nSPS) is 15.4. The summed E-state index contributed by atoms with van der Waals surface area (Å²) in [6.07, 6.45) is 4.54. The molecule has 0 aliphatic carbocycles. The molecule has 0 spiro atoms. The van der Waals surface area contributed by atoms with Gasteiger partial charge in [0.25, 0.3) is 0 Å². The number of aromatic nitrogens is 2. The number of H-pyrrole nitrogens is 1. The van der Waals surface area contributed by atoms with E-state index in [4.69, 9.17) is 12.2 Å². The third-order valence-electron chi connectivity index (χ3n) is 2.79. The van der Waals surface area contributed by atoms with Crippen LogP contribution >= 0.6 is 12.2 Å². The predicted octanol–water partition coefficient (Wildman–Crippen LogP) is 3.85. The average Bonchev–Trinajstić information content (AvgIpc) is 2.45. The van der Waals surface area contributed by atoms with Gasteiger partial charge in [0.1, 0.15) is 0 Å². The van der Waals surface area contributed by atoms with Crippen LogP contribution in [0.2, 0.25) is 0 Å². The summed E-state index contributed by atoms with van der Waals surface area (Å²) in [4.78, 5) is 3.16. The first-order chi connectivity index (χ1) is 6.54. The Morgan fingerprint density at radius 2 is 2.14 bits per heavy atom. The minimum Gasteiger partial charge on any atom is -0.335 e. The van der Waals surface area contributed by atoms with Gasteiger partial charge in [-0.05, 0) is 38.4 Å². The van der Waals surface area contributed by atoms with E-state index in [0.29, 0.717) is 6.04 Å². The van der Waals surface area contributed by atoms with Gasteiger partial charge in [-0.15, -0.1) is 0 Å². The van der Waals surface area contributed by atoms with Crippen molar-refractivity contribution in [2.45, 2.75) is 46.6 Å². The lowest BCUT2D eigenvalue weighted by Gasteiger charge is -2.17. The monoisotopic (exact) mass is 212 g/mol. The van der Waals surface area contributed by atoms with Crippen LogP contribution in [0.3, 0.4) is 0 Å². The van der Waals surface area contributed by atoms with Crippen LogP contribution in [0.4, 0.5) is 0 Å². The highest BCUT2D eigenvalue weighted by Crippen LogP contribution is 2.19. The van der Waals surface area contributed by atoms with Crippen molar-refractivity contribution in [1.29, 1.82) is 0 Å². The summed E-state index contributed by atoms with van der Waals surface area (Å²) in [6.45, 7) is 8.80. The van der Waals surface area contributed by atoms with E-state index in [2.05, 4.69) is 36.5 Å². The standard InChI is InChI=1S/C11H20N2S/c1-5-8(2)6-10(4)13-7-9(3)12-11(13)14/h7-8,10H,5-6H2,1-4H3,(H,12,14). The Bertz CT molecular complexity index is 337. The van der Waals surface area contributed by atoms with Gasteiger partial charge < -0.3 is 9.55 Å². The Balaban J connectivity index is 2.74. The van der Waals surface area contributed by atoms with E-state index in [1.807, 2.05) is 6.92 Å². The van der Waals surface area contributed by atoms with Crippen LogP contribution < -0.4 is 0 Å². The zero-order valence-corrected chi connectivity index (χ0v) is 10.3. The molecule has 2 atom stereocenters. The van der Waals surface area contributed by atoms with Gasteiger partial charge in [0.05, 0.1) is 0 Å². The highest BCUT2D eigenvalue weighted by molar-refractivity contribution is 7.71. The summed E-state index contributed by atoms with van der Waals surface area (Å²) in [6, 6.07) is 0.502. The third kappa shape index (κ3) is 2.71. The maximum Gasteiger partial charge on any atom is 0.177 e. The highest BCUT2D eigenvalue weighted by atomic mass is 32.1. The molecular formula is C11H20N2S. The number of nitrogens with zero attached hydrogens (tertiary/aromatic N) is 1. The Morgan fingerprint density at radius 3 is 2.57 bits per heavy atom. The van der Waals surface area contributed by atoms with Crippen molar-refractivity contribution in [3.63, 3.8) is 0 Å². The number of hydrogen-bond acceptors (Lipinski definition) is 1. The number of rotatable bonds is 4. The summed E-state index contributed by atoms with van der Waals surface area (Å²) in [7, 11) is 0. The summed E-state index contributed by atoms with van der Waals surface area (Å²) in [5, 5.41) is 0. The second kappa shape index (κ2) is 4.78. The van der Waals surface area contributed by atoms with Crippen molar-refractivity contribution in [2.75, 3.05) is 0 Å². The minimum atomic E-state index is 0.502. The molecule has 0 radical (unpaired) electrons. The van der Waals surface area contributed by atoms with Gasteiger partial charge in [-0.25, -0.2) is 0 Å². The molecule has 2 unspecified atom stereocenters. The molecule has 0 bridgehead atoms. The molecule has 1 aromatic heterocycles. The van der Waals surface area contributed by atoms with Crippen molar-refractivity contribution in [3.05, 3.63) is 16.7 Å². The van der Waals surface area contributed by atoms with Gasteiger partial charge in [0.15, 0.2) is 4.77 Å². The predicted molar refractivity (Wildman–Crippen MR) is 63.1 cm³/mol. The van der Waals surface area contributed by atoms with E-state index in [0.717, 1.165) is 16.4 Å². The molecule has 1 rings (SSSR count). The van der Waals surface area contributed by atoms with E-state index in [1.165, 1.54) is 12.8 Å². The summed E-state index contributed by atoms with van der Waals surface area (Å²) >= 11 is 5.25. The van der Waals surface area contributed by atoms with Gasteiger partial charge >= 0.3 is 0 Å². The number of aromatic amines is 1. The quantitative estimate of drug-likeness (QED) is 0.752. The van der Waals surface area contributed by atoms with Crippen molar-refractivity contribution in [2.24, 2.45) is 5.92 Å². The van der Waals surface area contributed by atoms with Crippen LogP contribution in [-0.4, -0.2) is 9.55 Å². The Morgan fingerprint density at radius 1 is 1.50 bits per heavy atom. The van der Waals surface area contributed by atoms with Crippen molar-refractivity contribution in [1.82, 2.24) is 9.55 Å². The van der Waals surface area contributed by atoms with Crippen LogP contribution in [0.5, 0.6) is 0 Å². The highest BCUT2D eigenvalue weighted by Gasteiger charge is 2.09. The maximum absolute atomic E-state index is 5.25. The lowest BCUT2D eigenvalue weighted by Crippen LogP contribution is -2.08. The van der Waals surface area contributed by atoms with E-state index in [1.54, 1.807) is 0 Å². The van der Waals surface area contributed by atoms with Crippen molar-refractivity contribution >= 4 is 12.2 Å². The van der Waals surface area contributed by atoms with Crippen LogP contribution in [0.25, 0.3) is 0 Å². The molecule has 0 amide bonds. The van der Waals surface area contributed by atoms with E-state index in [-0.39, 0.29) is 0 Å². The Kier molecular flexibility index (Phi) is 3.93. The number of nitrogens with one attached hydrogen (secondary N) is 1. The third-order valence-corrected chi connectivity index (χ3v) is 3.10. The number of imidazole rings is 1. The number of aryl methyl sites for hydroxylation is 1. The molecule has 0 fully saturated rings. The van der Waals surface area contributed by atoms with Gasteiger partial charge in [-0.3, -0.25) is 0 Å². The van der Waals surface area contributed by atoms with Crippen LogP contribution in [0.15, 0.2) is 6.20 Å². The fraction of sp³-hybridized carbons (Fsp3) is 0.727. The van der Waals surface area contributed by atoms with E-state index in [9.17, 15) is 0 Å². The van der Waals surface area contributed by atoms with Crippen molar-refractivity contribution in [3.8, 4) is 0 Å². The fourth-order valence-electron chi connectivity index (χ4n) is 1.72. The van der Waals surface area contributed by atoms with E-state index >= 15 is 0 Å². The average molecular weight is 212 g/mol. The molecule has 0 saturated carbocycles. The van der Waals surface area contributed by atoms with E-state index < -0.39 is 0 Å². The lowest BCUT2D eigenvalue weighted by molar-refractivity contribution is 0.396. The minimum absolute atomic E-state index is 0.502. The molecular weight excluding hydrogens is 192 g/mol. The van der Waals surface area contributed by atoms with Gasteiger partial charge in [-0.1, -0.05) is 20.3 Å². The zero-order chi connectivity index (χ0) is 10.7. The first-order valence-corrected chi connectivity index (χ1v) is 5.73. The zero-order valence-electron chi connectivity index (χ0n) is 9.50. The SMILES string of the molecule is CCC(C)CC(C)n1cc(C)[nH]c1=S. The first kappa shape index (κ1) is 11.5. The lowest BCUT2D eigenvalue weighted by atomic mass is 10.0. The topological polar surface area (TPSA) is 20.7 Å². The Labute approximate surface area is 91.3 Å². The molecule has 0 aliphatic heterocycles. The molecule has 1 heterocycles. The van der Waals surface area contributed by atoms with Crippen LogP contribution in [0.1, 0.15) is 45.3 Å². The van der Waals surface area contributed by atoms with Crippen LogP contribution in [0, 0.1) is 17.6 Å². The maximum atomic E-state index is 5.25. The fourth-order valence-corrected chi connectivity index (χ4v) is 2.12. The largest absolute Gasteiger partial charge is 0.335 e. The smallest absolute Gasteiger partial charge is 0.177 e. The molecule has 0 aliphatic rings. The molecule has 1 aromatic rings. The summed E-state index contributed by atoms with van der Waals surface area (Å²) in [5.41, 5.74) is 1.14. The molecule has 80 valence electrons. The first-order valence-electron chi connectivity index (χ1n) is 5.32. The van der Waals surface area contributed by atoms with Gasteiger partial charge in [-0.2, -0.15) is 0 Å². The molecule has 3 heteroatoms. The second-order valence-electron chi connectivity index (χ2n) is 4.25. The summed E-state index contributed by atoms with van der Waals surface area (Å²) < 4.78 is 3.01.